The SMILES string of the molecule is CN(C)CCSCC(=O)Nc1cccc2ccccc12. The fraction of sp³-hybridized carbons (Fsp3) is 0.312. The van der Waals surface area contributed by atoms with Crippen LogP contribution in [0.15, 0.2) is 42.5 Å². The monoisotopic (exact) mass is 288 g/mol. The van der Waals surface area contributed by atoms with Crippen molar-refractivity contribution in [3.05, 3.63) is 42.5 Å². The molecule has 2 aromatic rings. The Kier molecular flexibility index (Phi) is 5.44. The van der Waals surface area contributed by atoms with Crippen LogP contribution in [0.2, 0.25) is 0 Å². The zero-order valence-corrected chi connectivity index (χ0v) is 12.7. The number of hydrogen-bond donors (Lipinski definition) is 1. The summed E-state index contributed by atoms with van der Waals surface area (Å²) in [6, 6.07) is 14.1. The number of anilines is 1. The lowest BCUT2D eigenvalue weighted by Crippen LogP contribution is -2.18. The third-order valence-corrected chi connectivity index (χ3v) is 3.92. The summed E-state index contributed by atoms with van der Waals surface area (Å²) >= 11 is 1.66. The molecule has 0 radical (unpaired) electrons. The first-order valence-corrected chi connectivity index (χ1v) is 7.82. The molecular formula is C16H20N2OS. The number of nitrogens with zero attached hydrogens (tertiary/aromatic N) is 1. The molecule has 0 atom stereocenters. The second kappa shape index (κ2) is 7.31. The van der Waals surface area contributed by atoms with Crippen LogP contribution in [0, 0.1) is 0 Å². The Morgan fingerprint density at radius 3 is 2.70 bits per heavy atom. The highest BCUT2D eigenvalue weighted by Crippen LogP contribution is 2.23. The van der Waals surface area contributed by atoms with Gasteiger partial charge in [-0.25, -0.2) is 0 Å². The summed E-state index contributed by atoms with van der Waals surface area (Å²) in [7, 11) is 4.08. The fourth-order valence-electron chi connectivity index (χ4n) is 1.93. The molecule has 0 heterocycles. The molecule has 3 nitrogen and oxygen atoms in total. The lowest BCUT2D eigenvalue weighted by atomic mass is 10.1. The van der Waals surface area contributed by atoms with Gasteiger partial charge in [0, 0.05) is 23.4 Å². The minimum Gasteiger partial charge on any atom is -0.325 e. The van der Waals surface area contributed by atoms with Crippen molar-refractivity contribution in [2.75, 3.05) is 37.5 Å². The smallest absolute Gasteiger partial charge is 0.234 e. The summed E-state index contributed by atoms with van der Waals surface area (Å²) in [6.07, 6.45) is 0. The van der Waals surface area contributed by atoms with E-state index >= 15 is 0 Å². The van der Waals surface area contributed by atoms with Gasteiger partial charge in [-0.05, 0) is 25.5 Å². The Morgan fingerprint density at radius 2 is 1.90 bits per heavy atom. The van der Waals surface area contributed by atoms with E-state index in [0.29, 0.717) is 5.75 Å². The zero-order chi connectivity index (χ0) is 14.4. The second-order valence-corrected chi connectivity index (χ2v) is 6.04. The molecule has 0 aromatic heterocycles. The number of amides is 1. The van der Waals surface area contributed by atoms with E-state index in [0.717, 1.165) is 28.8 Å². The van der Waals surface area contributed by atoms with Crippen LogP contribution in [-0.2, 0) is 4.79 Å². The molecule has 0 bridgehead atoms. The maximum Gasteiger partial charge on any atom is 0.234 e. The second-order valence-electron chi connectivity index (χ2n) is 4.93. The van der Waals surface area contributed by atoms with Crippen molar-refractivity contribution in [2.24, 2.45) is 0 Å². The Bertz CT molecular complexity index is 578. The van der Waals surface area contributed by atoms with Gasteiger partial charge in [-0.15, -0.1) is 0 Å². The van der Waals surface area contributed by atoms with Gasteiger partial charge in [0.15, 0.2) is 0 Å². The van der Waals surface area contributed by atoms with Gasteiger partial charge in [0.25, 0.3) is 0 Å². The molecule has 4 heteroatoms. The summed E-state index contributed by atoms with van der Waals surface area (Å²) in [4.78, 5) is 14.1. The molecule has 0 unspecified atom stereocenters. The Balaban J connectivity index is 1.93. The minimum absolute atomic E-state index is 0.0603. The van der Waals surface area contributed by atoms with Crippen LogP contribution in [0.1, 0.15) is 0 Å². The van der Waals surface area contributed by atoms with Crippen molar-refractivity contribution in [1.82, 2.24) is 4.90 Å². The molecule has 106 valence electrons. The van der Waals surface area contributed by atoms with Crippen molar-refractivity contribution >= 4 is 34.1 Å². The van der Waals surface area contributed by atoms with E-state index < -0.39 is 0 Å². The summed E-state index contributed by atoms with van der Waals surface area (Å²) in [5.41, 5.74) is 0.890. The molecule has 0 aliphatic rings. The zero-order valence-electron chi connectivity index (χ0n) is 11.9. The maximum atomic E-state index is 12.0. The van der Waals surface area contributed by atoms with Crippen LogP contribution in [0.25, 0.3) is 10.8 Å². The number of rotatable bonds is 6. The van der Waals surface area contributed by atoms with Gasteiger partial charge in [-0.3, -0.25) is 4.79 Å². The third-order valence-electron chi connectivity index (χ3n) is 2.98. The van der Waals surface area contributed by atoms with Crippen LogP contribution >= 0.6 is 11.8 Å². The van der Waals surface area contributed by atoms with Crippen molar-refractivity contribution in [3.8, 4) is 0 Å². The normalized spacial score (nSPS) is 10.9. The molecule has 0 aliphatic heterocycles. The predicted octanol–water partition coefficient (Wildman–Crippen LogP) is 3.07. The average molecular weight is 288 g/mol. The Morgan fingerprint density at radius 1 is 1.15 bits per heavy atom. The number of benzene rings is 2. The molecule has 0 fully saturated rings. The topological polar surface area (TPSA) is 32.3 Å². The van der Waals surface area contributed by atoms with Crippen LogP contribution in [0.3, 0.4) is 0 Å². The molecule has 0 aliphatic carbocycles. The standard InChI is InChI=1S/C16H20N2OS/c1-18(2)10-11-20-12-16(19)17-15-9-5-7-13-6-3-4-8-14(13)15/h3-9H,10-12H2,1-2H3,(H,17,19). The highest BCUT2D eigenvalue weighted by molar-refractivity contribution is 7.99. The van der Waals surface area contributed by atoms with Gasteiger partial charge in [0.1, 0.15) is 0 Å². The Labute approximate surface area is 124 Å². The molecule has 0 spiro atoms. The highest BCUT2D eigenvalue weighted by Gasteiger charge is 2.05. The molecule has 0 saturated carbocycles. The summed E-state index contributed by atoms with van der Waals surface area (Å²) < 4.78 is 0. The first-order valence-electron chi connectivity index (χ1n) is 6.67. The van der Waals surface area contributed by atoms with Crippen LogP contribution < -0.4 is 5.32 Å². The van der Waals surface area contributed by atoms with E-state index in [9.17, 15) is 4.79 Å². The lowest BCUT2D eigenvalue weighted by Gasteiger charge is -2.10. The number of carbonyl (C=O) groups is 1. The fourth-order valence-corrected chi connectivity index (χ4v) is 2.83. The van der Waals surface area contributed by atoms with Crippen molar-refractivity contribution < 1.29 is 4.79 Å². The molecule has 20 heavy (non-hydrogen) atoms. The van der Waals surface area contributed by atoms with E-state index in [-0.39, 0.29) is 5.91 Å². The van der Waals surface area contributed by atoms with Gasteiger partial charge in [-0.1, -0.05) is 36.4 Å². The maximum absolute atomic E-state index is 12.0. The van der Waals surface area contributed by atoms with Gasteiger partial charge in [-0.2, -0.15) is 11.8 Å². The first kappa shape index (κ1) is 14.9. The van der Waals surface area contributed by atoms with Crippen LogP contribution in [0.4, 0.5) is 5.69 Å². The van der Waals surface area contributed by atoms with E-state index in [1.807, 2.05) is 44.4 Å². The number of thioether (sulfide) groups is 1. The third kappa shape index (κ3) is 4.25. The number of hydrogen-bond acceptors (Lipinski definition) is 3. The van der Waals surface area contributed by atoms with Crippen molar-refractivity contribution in [3.63, 3.8) is 0 Å². The number of carbonyl (C=O) groups excluding carboxylic acids is 1. The summed E-state index contributed by atoms with van der Waals surface area (Å²) in [5.74, 6) is 1.53. The molecule has 2 rings (SSSR count). The van der Waals surface area contributed by atoms with Crippen molar-refractivity contribution in [1.29, 1.82) is 0 Å². The minimum atomic E-state index is 0.0603. The van der Waals surface area contributed by atoms with Crippen molar-refractivity contribution in [2.45, 2.75) is 0 Å². The van der Waals surface area contributed by atoms with E-state index in [4.69, 9.17) is 0 Å². The number of fused-ring (bicyclic) bond motifs is 1. The Hall–Kier alpha value is -1.52. The first-order chi connectivity index (χ1) is 9.66. The van der Waals surface area contributed by atoms with E-state index in [2.05, 4.69) is 22.3 Å². The quantitative estimate of drug-likeness (QED) is 0.829. The summed E-state index contributed by atoms with van der Waals surface area (Å²) in [5, 5.41) is 5.23. The van der Waals surface area contributed by atoms with Gasteiger partial charge in [0.2, 0.25) is 5.91 Å². The van der Waals surface area contributed by atoms with E-state index in [1.165, 1.54) is 0 Å². The largest absolute Gasteiger partial charge is 0.325 e. The average Bonchev–Trinajstić information content (AvgIpc) is 2.44. The summed E-state index contributed by atoms with van der Waals surface area (Å²) in [6.45, 7) is 0.992. The predicted molar refractivity (Wildman–Crippen MR) is 88.5 cm³/mol. The molecule has 0 saturated heterocycles. The van der Waals surface area contributed by atoms with E-state index in [1.54, 1.807) is 11.8 Å². The lowest BCUT2D eigenvalue weighted by molar-refractivity contribution is -0.113. The van der Waals surface area contributed by atoms with Gasteiger partial charge < -0.3 is 10.2 Å². The highest BCUT2D eigenvalue weighted by atomic mass is 32.2. The molecule has 1 N–H and O–H groups in total. The number of nitrogens with one attached hydrogen (secondary N) is 1. The van der Waals surface area contributed by atoms with Crippen LogP contribution in [0.5, 0.6) is 0 Å². The van der Waals surface area contributed by atoms with Crippen LogP contribution in [-0.4, -0.2) is 43.0 Å². The molecular weight excluding hydrogens is 268 g/mol. The molecule has 2 aromatic carbocycles. The van der Waals surface area contributed by atoms with Gasteiger partial charge in [0.05, 0.1) is 5.75 Å². The van der Waals surface area contributed by atoms with Gasteiger partial charge >= 0.3 is 0 Å². The molecule has 1 amide bonds.